The van der Waals surface area contributed by atoms with Crippen molar-refractivity contribution in [2.75, 3.05) is 7.11 Å². The van der Waals surface area contributed by atoms with Crippen LogP contribution in [-0.4, -0.2) is 28.2 Å². The number of aliphatic hydroxyl groups is 1. The van der Waals surface area contributed by atoms with Gasteiger partial charge < -0.3 is 9.84 Å². The highest BCUT2D eigenvalue weighted by molar-refractivity contribution is 5.73. The molecule has 0 fully saturated rings. The van der Waals surface area contributed by atoms with E-state index >= 15 is 0 Å². The molecule has 1 heterocycles. The van der Waals surface area contributed by atoms with Crippen LogP contribution >= 0.6 is 0 Å². The van der Waals surface area contributed by atoms with Crippen LogP contribution in [0.5, 0.6) is 0 Å². The molecule has 0 aliphatic heterocycles. The fraction of sp³-hybridized carbons (Fsp3) is 0.615. The van der Waals surface area contributed by atoms with Gasteiger partial charge in [0.25, 0.3) is 0 Å². The van der Waals surface area contributed by atoms with Gasteiger partial charge >= 0.3 is 5.97 Å². The summed E-state index contributed by atoms with van der Waals surface area (Å²) in [6.07, 6.45) is 6.85. The molecule has 0 aliphatic rings. The van der Waals surface area contributed by atoms with Crippen molar-refractivity contribution in [1.82, 2.24) is 9.97 Å². The van der Waals surface area contributed by atoms with Crippen LogP contribution in [0.2, 0.25) is 0 Å². The SMILES string of the molecule is CCCCC(C(=O)OC)C(C)(O)c1cnccn1. The van der Waals surface area contributed by atoms with E-state index in [-0.39, 0.29) is 0 Å². The van der Waals surface area contributed by atoms with Crippen molar-refractivity contribution >= 4 is 5.97 Å². The number of esters is 1. The molecule has 0 aliphatic carbocycles. The lowest BCUT2D eigenvalue weighted by molar-refractivity contribution is -0.156. The lowest BCUT2D eigenvalue weighted by Crippen LogP contribution is -2.38. The zero-order valence-corrected chi connectivity index (χ0v) is 11.1. The third-order valence-corrected chi connectivity index (χ3v) is 3.09. The number of nitrogens with zero attached hydrogens (tertiary/aromatic N) is 2. The summed E-state index contributed by atoms with van der Waals surface area (Å²) in [6.45, 7) is 3.61. The molecule has 5 heteroatoms. The van der Waals surface area contributed by atoms with Gasteiger partial charge in [-0.15, -0.1) is 0 Å². The van der Waals surface area contributed by atoms with E-state index in [9.17, 15) is 9.90 Å². The maximum absolute atomic E-state index is 11.8. The van der Waals surface area contributed by atoms with Gasteiger partial charge in [0.1, 0.15) is 5.60 Å². The van der Waals surface area contributed by atoms with Crippen LogP contribution in [0.4, 0.5) is 0 Å². The second kappa shape index (κ2) is 6.44. The lowest BCUT2D eigenvalue weighted by atomic mass is 9.83. The van der Waals surface area contributed by atoms with Crippen LogP contribution in [0.25, 0.3) is 0 Å². The largest absolute Gasteiger partial charge is 0.469 e. The van der Waals surface area contributed by atoms with Crippen molar-refractivity contribution in [2.45, 2.75) is 38.7 Å². The first-order chi connectivity index (χ1) is 8.54. The lowest BCUT2D eigenvalue weighted by Gasteiger charge is -2.30. The minimum Gasteiger partial charge on any atom is -0.469 e. The highest BCUT2D eigenvalue weighted by atomic mass is 16.5. The zero-order valence-electron chi connectivity index (χ0n) is 11.1. The Hall–Kier alpha value is -1.49. The van der Waals surface area contributed by atoms with E-state index in [4.69, 9.17) is 4.74 Å². The van der Waals surface area contributed by atoms with Crippen LogP contribution in [0, 0.1) is 5.92 Å². The van der Waals surface area contributed by atoms with E-state index in [1.165, 1.54) is 25.7 Å². The Kier molecular flexibility index (Phi) is 5.22. The number of ether oxygens (including phenoxy) is 1. The molecule has 1 rings (SSSR count). The molecule has 0 saturated carbocycles. The topological polar surface area (TPSA) is 72.3 Å². The summed E-state index contributed by atoms with van der Waals surface area (Å²) in [7, 11) is 1.33. The Bertz CT molecular complexity index is 379. The van der Waals surface area contributed by atoms with Gasteiger partial charge in [0.15, 0.2) is 0 Å². The van der Waals surface area contributed by atoms with Gasteiger partial charge in [0, 0.05) is 12.4 Å². The van der Waals surface area contributed by atoms with Crippen molar-refractivity contribution < 1.29 is 14.6 Å². The molecule has 1 N–H and O–H groups in total. The predicted octanol–water partition coefficient (Wildman–Crippen LogP) is 1.66. The molecule has 2 unspecified atom stereocenters. The van der Waals surface area contributed by atoms with Crippen molar-refractivity contribution in [3.05, 3.63) is 24.3 Å². The monoisotopic (exact) mass is 252 g/mol. The number of carbonyl (C=O) groups is 1. The molecule has 18 heavy (non-hydrogen) atoms. The first-order valence-electron chi connectivity index (χ1n) is 6.10. The van der Waals surface area contributed by atoms with Gasteiger partial charge in [-0.1, -0.05) is 19.8 Å². The number of rotatable bonds is 6. The molecule has 0 bridgehead atoms. The Labute approximate surface area is 107 Å². The Morgan fingerprint density at radius 3 is 2.78 bits per heavy atom. The van der Waals surface area contributed by atoms with E-state index < -0.39 is 17.5 Å². The van der Waals surface area contributed by atoms with Crippen molar-refractivity contribution in [3.8, 4) is 0 Å². The average molecular weight is 252 g/mol. The van der Waals surface area contributed by atoms with Crippen LogP contribution in [0.3, 0.4) is 0 Å². The first-order valence-corrected chi connectivity index (χ1v) is 6.10. The van der Waals surface area contributed by atoms with Crippen molar-refractivity contribution in [1.29, 1.82) is 0 Å². The summed E-state index contributed by atoms with van der Waals surface area (Å²) in [6, 6.07) is 0. The molecular weight excluding hydrogens is 232 g/mol. The van der Waals surface area contributed by atoms with Gasteiger partial charge in [-0.25, -0.2) is 0 Å². The molecule has 0 amide bonds. The summed E-state index contributed by atoms with van der Waals surface area (Å²) in [5.74, 6) is -1.04. The normalized spacial score (nSPS) is 15.8. The number of hydrogen-bond donors (Lipinski definition) is 1. The van der Waals surface area contributed by atoms with E-state index in [2.05, 4.69) is 9.97 Å². The van der Waals surface area contributed by atoms with Gasteiger partial charge in [-0.3, -0.25) is 14.8 Å². The fourth-order valence-electron chi connectivity index (χ4n) is 1.92. The Morgan fingerprint density at radius 1 is 1.56 bits per heavy atom. The first kappa shape index (κ1) is 14.6. The number of carbonyl (C=O) groups excluding carboxylic acids is 1. The second-order valence-electron chi connectivity index (χ2n) is 4.46. The molecule has 1 aromatic heterocycles. The third kappa shape index (κ3) is 3.26. The Balaban J connectivity index is 2.99. The molecule has 0 radical (unpaired) electrons. The highest BCUT2D eigenvalue weighted by Crippen LogP contribution is 2.32. The number of hydrogen-bond acceptors (Lipinski definition) is 5. The maximum atomic E-state index is 11.8. The maximum Gasteiger partial charge on any atom is 0.312 e. The summed E-state index contributed by atoms with van der Waals surface area (Å²) in [5, 5.41) is 10.6. The van der Waals surface area contributed by atoms with E-state index in [1.54, 1.807) is 6.92 Å². The van der Waals surface area contributed by atoms with Gasteiger partial charge in [-0.05, 0) is 13.3 Å². The van der Waals surface area contributed by atoms with Crippen molar-refractivity contribution in [3.63, 3.8) is 0 Å². The van der Waals surface area contributed by atoms with Crippen LogP contribution in [0.1, 0.15) is 38.8 Å². The standard InChI is InChI=1S/C13H20N2O3/c1-4-5-6-10(12(16)18-3)13(2,17)11-9-14-7-8-15-11/h7-10,17H,4-6H2,1-3H3. The van der Waals surface area contributed by atoms with Crippen LogP contribution < -0.4 is 0 Å². The quantitative estimate of drug-likeness (QED) is 0.779. The number of unbranched alkanes of at least 4 members (excludes halogenated alkanes) is 1. The van der Waals surface area contributed by atoms with Gasteiger partial charge in [-0.2, -0.15) is 0 Å². The summed E-state index contributed by atoms with van der Waals surface area (Å²) < 4.78 is 4.77. The average Bonchev–Trinajstić information content (AvgIpc) is 2.39. The second-order valence-corrected chi connectivity index (χ2v) is 4.46. The highest BCUT2D eigenvalue weighted by Gasteiger charge is 2.40. The van der Waals surface area contributed by atoms with E-state index in [0.717, 1.165) is 12.8 Å². The zero-order chi connectivity index (χ0) is 13.6. The summed E-state index contributed by atoms with van der Waals surface area (Å²) in [5.41, 5.74) is -0.979. The number of methoxy groups -OCH3 is 1. The third-order valence-electron chi connectivity index (χ3n) is 3.09. The molecule has 0 spiro atoms. The molecule has 1 aromatic rings. The summed E-state index contributed by atoms with van der Waals surface area (Å²) >= 11 is 0. The van der Waals surface area contributed by atoms with E-state index in [1.807, 2.05) is 6.92 Å². The molecule has 100 valence electrons. The van der Waals surface area contributed by atoms with Gasteiger partial charge in [0.2, 0.25) is 0 Å². The molecular formula is C13H20N2O3. The Morgan fingerprint density at radius 2 is 2.28 bits per heavy atom. The minimum absolute atomic E-state index is 0.386. The summed E-state index contributed by atoms with van der Waals surface area (Å²) in [4.78, 5) is 19.8. The molecule has 0 aromatic carbocycles. The molecule has 2 atom stereocenters. The van der Waals surface area contributed by atoms with Crippen LogP contribution in [0.15, 0.2) is 18.6 Å². The minimum atomic E-state index is -1.36. The fourth-order valence-corrected chi connectivity index (χ4v) is 1.92. The molecule has 5 nitrogen and oxygen atoms in total. The number of aromatic nitrogens is 2. The van der Waals surface area contributed by atoms with E-state index in [0.29, 0.717) is 12.1 Å². The predicted molar refractivity (Wildman–Crippen MR) is 66.6 cm³/mol. The van der Waals surface area contributed by atoms with Crippen LogP contribution in [-0.2, 0) is 15.1 Å². The van der Waals surface area contributed by atoms with Crippen molar-refractivity contribution in [2.24, 2.45) is 5.92 Å². The molecule has 0 saturated heterocycles. The van der Waals surface area contributed by atoms with Gasteiger partial charge in [0.05, 0.1) is 24.9 Å². The smallest absolute Gasteiger partial charge is 0.312 e.